The largest absolute Gasteiger partial charge is 0.480 e. The first kappa shape index (κ1) is 14.0. The van der Waals surface area contributed by atoms with Crippen LogP contribution in [0.1, 0.15) is 26.2 Å². The molecule has 17 heavy (non-hydrogen) atoms. The summed E-state index contributed by atoms with van der Waals surface area (Å²) in [6, 6.07) is 0. The molecule has 0 saturated carbocycles. The maximum Gasteiger partial charge on any atom is 0.323 e. The summed E-state index contributed by atoms with van der Waals surface area (Å²) in [6.07, 6.45) is 0.488. The third-order valence-electron chi connectivity index (χ3n) is 2.37. The van der Waals surface area contributed by atoms with E-state index in [2.05, 4.69) is 15.5 Å². The van der Waals surface area contributed by atoms with Crippen LogP contribution in [0.3, 0.4) is 0 Å². The average molecular weight is 259 g/mol. The Hall–Kier alpha value is -1.08. The SMILES string of the molecule is CCNC(C)(CCSc1nnc(C)o1)C(=O)O. The Bertz CT molecular complexity index is 383. The molecule has 7 heteroatoms. The molecule has 1 unspecified atom stereocenters. The van der Waals surface area contributed by atoms with Gasteiger partial charge in [0.05, 0.1) is 0 Å². The Balaban J connectivity index is 2.45. The number of carbonyl (C=O) groups is 1. The zero-order chi connectivity index (χ0) is 12.9. The van der Waals surface area contributed by atoms with Crippen LogP contribution >= 0.6 is 11.8 Å². The zero-order valence-corrected chi connectivity index (χ0v) is 11.0. The summed E-state index contributed by atoms with van der Waals surface area (Å²) in [7, 11) is 0. The topological polar surface area (TPSA) is 88.3 Å². The van der Waals surface area contributed by atoms with Gasteiger partial charge in [0.1, 0.15) is 5.54 Å². The van der Waals surface area contributed by atoms with Crippen LogP contribution < -0.4 is 5.32 Å². The highest BCUT2D eigenvalue weighted by atomic mass is 32.2. The fourth-order valence-electron chi connectivity index (χ4n) is 1.34. The van der Waals surface area contributed by atoms with E-state index in [1.807, 2.05) is 6.92 Å². The van der Waals surface area contributed by atoms with Crippen molar-refractivity contribution in [1.29, 1.82) is 0 Å². The molecular weight excluding hydrogens is 242 g/mol. The molecule has 1 rings (SSSR count). The number of hydrogen-bond donors (Lipinski definition) is 2. The van der Waals surface area contributed by atoms with Gasteiger partial charge in [0.2, 0.25) is 5.89 Å². The predicted molar refractivity (Wildman–Crippen MR) is 64.1 cm³/mol. The van der Waals surface area contributed by atoms with Gasteiger partial charge in [-0.2, -0.15) is 0 Å². The lowest BCUT2D eigenvalue weighted by Gasteiger charge is -2.25. The van der Waals surface area contributed by atoms with Gasteiger partial charge in [0, 0.05) is 12.7 Å². The molecule has 1 atom stereocenters. The lowest BCUT2D eigenvalue weighted by atomic mass is 9.99. The molecule has 0 spiro atoms. The highest BCUT2D eigenvalue weighted by Crippen LogP contribution is 2.20. The molecule has 1 heterocycles. The number of thioether (sulfide) groups is 1. The molecule has 0 fully saturated rings. The van der Waals surface area contributed by atoms with E-state index in [4.69, 9.17) is 9.52 Å². The highest BCUT2D eigenvalue weighted by Gasteiger charge is 2.31. The van der Waals surface area contributed by atoms with Gasteiger partial charge in [-0.15, -0.1) is 10.2 Å². The van der Waals surface area contributed by atoms with Crippen molar-refractivity contribution >= 4 is 17.7 Å². The van der Waals surface area contributed by atoms with E-state index >= 15 is 0 Å². The summed E-state index contributed by atoms with van der Waals surface area (Å²) >= 11 is 1.37. The molecule has 0 aliphatic rings. The fourth-order valence-corrected chi connectivity index (χ4v) is 2.30. The second-order valence-corrected chi connectivity index (χ2v) is 4.90. The summed E-state index contributed by atoms with van der Waals surface area (Å²) in [6.45, 7) is 5.90. The van der Waals surface area contributed by atoms with E-state index in [0.29, 0.717) is 29.8 Å². The van der Waals surface area contributed by atoms with E-state index in [1.165, 1.54) is 11.8 Å². The van der Waals surface area contributed by atoms with Gasteiger partial charge in [0.25, 0.3) is 5.22 Å². The number of carboxylic acids is 1. The van der Waals surface area contributed by atoms with Crippen molar-refractivity contribution in [2.24, 2.45) is 0 Å². The van der Waals surface area contributed by atoms with Crippen molar-refractivity contribution < 1.29 is 14.3 Å². The van der Waals surface area contributed by atoms with Crippen LogP contribution in [0.15, 0.2) is 9.64 Å². The van der Waals surface area contributed by atoms with Gasteiger partial charge in [-0.25, -0.2) is 0 Å². The number of nitrogens with zero attached hydrogens (tertiary/aromatic N) is 2. The number of aromatic nitrogens is 2. The van der Waals surface area contributed by atoms with E-state index in [9.17, 15) is 4.79 Å². The lowest BCUT2D eigenvalue weighted by molar-refractivity contribution is -0.144. The highest BCUT2D eigenvalue weighted by molar-refractivity contribution is 7.99. The molecule has 0 bridgehead atoms. The molecule has 1 aromatic heterocycles. The number of hydrogen-bond acceptors (Lipinski definition) is 6. The third-order valence-corrected chi connectivity index (χ3v) is 3.19. The van der Waals surface area contributed by atoms with Crippen LogP contribution in [-0.2, 0) is 4.79 Å². The van der Waals surface area contributed by atoms with Crippen molar-refractivity contribution in [2.75, 3.05) is 12.3 Å². The normalized spacial score (nSPS) is 14.5. The molecule has 6 nitrogen and oxygen atoms in total. The Morgan fingerprint density at radius 3 is 2.76 bits per heavy atom. The van der Waals surface area contributed by atoms with Crippen molar-refractivity contribution in [3.05, 3.63) is 5.89 Å². The minimum atomic E-state index is -0.906. The minimum absolute atomic E-state index is 0.478. The minimum Gasteiger partial charge on any atom is -0.480 e. The first-order chi connectivity index (χ1) is 7.98. The van der Waals surface area contributed by atoms with Gasteiger partial charge < -0.3 is 14.8 Å². The third kappa shape index (κ3) is 4.01. The summed E-state index contributed by atoms with van der Waals surface area (Å²) in [5.74, 6) is 0.277. The van der Waals surface area contributed by atoms with Crippen LogP contribution in [0, 0.1) is 6.92 Å². The van der Waals surface area contributed by atoms with E-state index in [1.54, 1.807) is 13.8 Å². The van der Waals surface area contributed by atoms with Gasteiger partial charge in [-0.3, -0.25) is 4.79 Å². The molecule has 1 aromatic rings. The number of aliphatic carboxylic acids is 1. The fraction of sp³-hybridized carbons (Fsp3) is 0.700. The molecule has 0 amide bonds. The number of rotatable bonds is 7. The van der Waals surface area contributed by atoms with Crippen molar-refractivity contribution in [3.63, 3.8) is 0 Å². The number of nitrogens with one attached hydrogen (secondary N) is 1. The second kappa shape index (κ2) is 6.02. The van der Waals surface area contributed by atoms with E-state index < -0.39 is 11.5 Å². The first-order valence-corrected chi connectivity index (χ1v) is 6.38. The van der Waals surface area contributed by atoms with Crippen LogP contribution in [-0.4, -0.2) is 39.1 Å². The van der Waals surface area contributed by atoms with Crippen LogP contribution in [0.4, 0.5) is 0 Å². The number of likely N-dealkylation sites (N-methyl/N-ethyl adjacent to an activating group) is 1. The van der Waals surface area contributed by atoms with Crippen molar-refractivity contribution in [2.45, 2.75) is 38.0 Å². The van der Waals surface area contributed by atoms with Gasteiger partial charge in [-0.05, 0) is 19.9 Å². The molecule has 0 aliphatic heterocycles. The van der Waals surface area contributed by atoms with Gasteiger partial charge in [0.15, 0.2) is 0 Å². The Kier molecular flexibility index (Phi) is 4.95. The summed E-state index contributed by atoms with van der Waals surface area (Å²) < 4.78 is 5.19. The predicted octanol–water partition coefficient (Wildman–Crippen LogP) is 1.31. The molecule has 0 aromatic carbocycles. The van der Waals surface area contributed by atoms with Gasteiger partial charge in [-0.1, -0.05) is 18.7 Å². The molecule has 2 N–H and O–H groups in total. The summed E-state index contributed by atoms with van der Waals surface area (Å²) in [5, 5.41) is 20.1. The van der Waals surface area contributed by atoms with E-state index in [-0.39, 0.29) is 0 Å². The molecule has 96 valence electrons. The van der Waals surface area contributed by atoms with Crippen molar-refractivity contribution in [1.82, 2.24) is 15.5 Å². The Morgan fingerprint density at radius 1 is 1.59 bits per heavy atom. The second-order valence-electron chi connectivity index (χ2n) is 3.85. The molecule has 0 saturated heterocycles. The van der Waals surface area contributed by atoms with Gasteiger partial charge >= 0.3 is 5.97 Å². The Morgan fingerprint density at radius 2 is 2.29 bits per heavy atom. The maximum absolute atomic E-state index is 11.1. The summed E-state index contributed by atoms with van der Waals surface area (Å²) in [4.78, 5) is 11.1. The smallest absolute Gasteiger partial charge is 0.323 e. The van der Waals surface area contributed by atoms with Crippen LogP contribution in [0.2, 0.25) is 0 Å². The quantitative estimate of drug-likeness (QED) is 0.714. The lowest BCUT2D eigenvalue weighted by Crippen LogP contribution is -2.49. The number of carboxylic acid groups (broad SMARTS) is 1. The monoisotopic (exact) mass is 259 g/mol. The summed E-state index contributed by atoms with van der Waals surface area (Å²) in [5.41, 5.74) is -0.906. The van der Waals surface area contributed by atoms with Crippen LogP contribution in [0.25, 0.3) is 0 Å². The van der Waals surface area contributed by atoms with Crippen LogP contribution in [0.5, 0.6) is 0 Å². The number of aryl methyl sites for hydroxylation is 1. The zero-order valence-electron chi connectivity index (χ0n) is 10.2. The Labute approximate surface area is 104 Å². The average Bonchev–Trinajstić information content (AvgIpc) is 2.64. The standard InChI is InChI=1S/C10H17N3O3S/c1-4-11-10(3,8(14)15)5-6-17-9-13-12-7(2)16-9/h11H,4-6H2,1-3H3,(H,14,15). The molecular formula is C10H17N3O3S. The van der Waals surface area contributed by atoms with E-state index in [0.717, 1.165) is 0 Å². The van der Waals surface area contributed by atoms with Crippen molar-refractivity contribution in [3.8, 4) is 0 Å². The first-order valence-electron chi connectivity index (χ1n) is 5.39. The maximum atomic E-state index is 11.1. The molecule has 0 radical (unpaired) electrons. The molecule has 0 aliphatic carbocycles.